The molecule has 0 aliphatic heterocycles. The summed E-state index contributed by atoms with van der Waals surface area (Å²) < 4.78 is 12.1. The van der Waals surface area contributed by atoms with Crippen LogP contribution in [0.1, 0.15) is 16.1 Å². The van der Waals surface area contributed by atoms with Crippen LogP contribution in [0, 0.1) is 0 Å². The lowest BCUT2D eigenvalue weighted by molar-refractivity contribution is 0.0765. The molecule has 0 N–H and O–H groups in total. The Kier molecular flexibility index (Phi) is 6.63. The van der Waals surface area contributed by atoms with E-state index >= 15 is 0 Å². The number of amides is 1. The molecule has 7 nitrogen and oxygen atoms in total. The van der Waals surface area contributed by atoms with Gasteiger partial charge in [0.1, 0.15) is 23.8 Å². The highest BCUT2D eigenvalue weighted by Gasteiger charge is 2.15. The van der Waals surface area contributed by atoms with Crippen molar-refractivity contribution in [3.8, 4) is 11.5 Å². The molecule has 0 spiro atoms. The summed E-state index contributed by atoms with van der Waals surface area (Å²) >= 11 is 0. The van der Waals surface area contributed by atoms with E-state index in [4.69, 9.17) is 9.47 Å². The fraction of sp³-hybridized carbons (Fsp3) is 0.227. The van der Waals surface area contributed by atoms with Crippen molar-refractivity contribution in [1.29, 1.82) is 0 Å². The summed E-state index contributed by atoms with van der Waals surface area (Å²) in [7, 11) is 3.28. The number of hydrogen-bond acceptors (Lipinski definition) is 5. The fourth-order valence-corrected chi connectivity index (χ4v) is 2.70. The standard InChI is InChI=1S/C22H23N3O4/c1-24(14-15-29-19-10-8-18(28-2)9-11-19)22(27)20-12-13-21(26)25(23-20)16-17-6-4-3-5-7-17/h3-13H,14-16H2,1-2H3. The quantitative estimate of drug-likeness (QED) is 0.588. The van der Waals surface area contributed by atoms with Crippen LogP contribution in [0.15, 0.2) is 71.5 Å². The number of hydrogen-bond donors (Lipinski definition) is 0. The number of aromatic nitrogens is 2. The van der Waals surface area contributed by atoms with Gasteiger partial charge in [-0.15, -0.1) is 0 Å². The topological polar surface area (TPSA) is 73.7 Å². The molecule has 0 aliphatic carbocycles. The van der Waals surface area contributed by atoms with E-state index in [1.807, 2.05) is 54.6 Å². The number of nitrogens with zero attached hydrogens (tertiary/aromatic N) is 3. The molecule has 2 aromatic carbocycles. The van der Waals surface area contributed by atoms with Crippen LogP contribution >= 0.6 is 0 Å². The monoisotopic (exact) mass is 393 g/mol. The summed E-state index contributed by atoms with van der Waals surface area (Å²) in [6.07, 6.45) is 0. The molecule has 150 valence electrons. The molecule has 7 heteroatoms. The van der Waals surface area contributed by atoms with Gasteiger partial charge in [0.25, 0.3) is 11.5 Å². The van der Waals surface area contributed by atoms with Gasteiger partial charge in [-0.2, -0.15) is 5.10 Å². The van der Waals surface area contributed by atoms with Crippen LogP contribution in [0.25, 0.3) is 0 Å². The zero-order valence-electron chi connectivity index (χ0n) is 16.4. The highest BCUT2D eigenvalue weighted by molar-refractivity contribution is 5.91. The summed E-state index contributed by atoms with van der Waals surface area (Å²) in [5.41, 5.74) is 0.899. The van der Waals surface area contributed by atoms with Crippen molar-refractivity contribution in [1.82, 2.24) is 14.7 Å². The van der Waals surface area contributed by atoms with Crippen LogP contribution in [-0.2, 0) is 6.54 Å². The third-order valence-corrected chi connectivity index (χ3v) is 4.36. The van der Waals surface area contributed by atoms with Gasteiger partial charge in [-0.05, 0) is 35.9 Å². The molecule has 0 atom stereocenters. The molecule has 0 saturated carbocycles. The Bertz CT molecular complexity index is 1000. The first-order valence-corrected chi connectivity index (χ1v) is 9.21. The van der Waals surface area contributed by atoms with Crippen LogP contribution in [0.5, 0.6) is 11.5 Å². The van der Waals surface area contributed by atoms with Crippen molar-refractivity contribution >= 4 is 5.91 Å². The lowest BCUT2D eigenvalue weighted by atomic mass is 10.2. The van der Waals surface area contributed by atoms with Gasteiger partial charge in [0.2, 0.25) is 0 Å². The minimum atomic E-state index is -0.273. The van der Waals surface area contributed by atoms with Crippen molar-refractivity contribution < 1.29 is 14.3 Å². The summed E-state index contributed by atoms with van der Waals surface area (Å²) in [6, 6.07) is 19.6. The Morgan fingerprint density at radius 1 is 1.00 bits per heavy atom. The first-order valence-electron chi connectivity index (χ1n) is 9.21. The number of carbonyl (C=O) groups is 1. The van der Waals surface area contributed by atoms with Crippen molar-refractivity contribution in [3.63, 3.8) is 0 Å². The van der Waals surface area contributed by atoms with E-state index in [0.29, 0.717) is 25.4 Å². The van der Waals surface area contributed by atoms with E-state index < -0.39 is 0 Å². The van der Waals surface area contributed by atoms with Gasteiger partial charge in [0, 0.05) is 13.1 Å². The van der Waals surface area contributed by atoms with E-state index in [1.54, 1.807) is 14.2 Å². The van der Waals surface area contributed by atoms with Gasteiger partial charge in [-0.1, -0.05) is 30.3 Å². The van der Waals surface area contributed by atoms with Gasteiger partial charge in [-0.25, -0.2) is 4.68 Å². The molecule has 29 heavy (non-hydrogen) atoms. The predicted octanol–water partition coefficient (Wildman–Crippen LogP) is 2.45. The molecular formula is C22H23N3O4. The number of benzene rings is 2. The molecule has 0 aliphatic rings. The van der Waals surface area contributed by atoms with Gasteiger partial charge in [0.15, 0.2) is 0 Å². The smallest absolute Gasteiger partial charge is 0.274 e. The van der Waals surface area contributed by atoms with E-state index in [1.165, 1.54) is 21.7 Å². The summed E-state index contributed by atoms with van der Waals surface area (Å²) in [4.78, 5) is 26.3. The average Bonchev–Trinajstić information content (AvgIpc) is 2.76. The maximum atomic E-state index is 12.7. The average molecular weight is 393 g/mol. The minimum absolute atomic E-state index is 0.215. The van der Waals surface area contributed by atoms with Gasteiger partial charge < -0.3 is 14.4 Å². The van der Waals surface area contributed by atoms with E-state index in [2.05, 4.69) is 5.10 Å². The molecule has 1 amide bonds. The van der Waals surface area contributed by atoms with Crippen LogP contribution < -0.4 is 15.0 Å². The normalized spacial score (nSPS) is 10.4. The van der Waals surface area contributed by atoms with E-state index in [9.17, 15) is 9.59 Å². The lowest BCUT2D eigenvalue weighted by Gasteiger charge is -2.17. The number of likely N-dealkylation sites (N-methyl/N-ethyl adjacent to an activating group) is 1. The molecule has 3 aromatic rings. The molecule has 0 saturated heterocycles. The Morgan fingerprint density at radius 3 is 2.38 bits per heavy atom. The van der Waals surface area contributed by atoms with Crippen LogP contribution in [0.3, 0.4) is 0 Å². The number of methoxy groups -OCH3 is 1. The predicted molar refractivity (Wildman–Crippen MR) is 109 cm³/mol. The Morgan fingerprint density at radius 2 is 1.69 bits per heavy atom. The SMILES string of the molecule is COc1ccc(OCCN(C)C(=O)c2ccc(=O)n(Cc3ccccc3)n2)cc1. The van der Waals surface area contributed by atoms with Gasteiger partial charge in [0.05, 0.1) is 20.2 Å². The van der Waals surface area contributed by atoms with Crippen molar-refractivity contribution in [2.24, 2.45) is 0 Å². The first-order chi connectivity index (χ1) is 14.1. The molecule has 1 heterocycles. The maximum absolute atomic E-state index is 12.7. The maximum Gasteiger partial charge on any atom is 0.274 e. The summed E-state index contributed by atoms with van der Waals surface area (Å²) in [5.74, 6) is 1.17. The summed E-state index contributed by atoms with van der Waals surface area (Å²) in [5, 5.41) is 4.23. The highest BCUT2D eigenvalue weighted by Crippen LogP contribution is 2.16. The van der Waals surface area contributed by atoms with Crippen LogP contribution in [-0.4, -0.2) is 47.9 Å². The minimum Gasteiger partial charge on any atom is -0.497 e. The molecule has 0 bridgehead atoms. The fourth-order valence-electron chi connectivity index (χ4n) is 2.70. The van der Waals surface area contributed by atoms with Crippen molar-refractivity contribution in [2.75, 3.05) is 27.3 Å². The lowest BCUT2D eigenvalue weighted by Crippen LogP contribution is -2.33. The van der Waals surface area contributed by atoms with E-state index in [-0.39, 0.29) is 17.2 Å². The first kappa shape index (κ1) is 20.1. The molecule has 3 rings (SSSR count). The summed E-state index contributed by atoms with van der Waals surface area (Å²) in [6.45, 7) is 1.02. The second kappa shape index (κ2) is 9.54. The number of carbonyl (C=O) groups excluding carboxylic acids is 1. The van der Waals surface area contributed by atoms with Crippen LogP contribution in [0.2, 0.25) is 0 Å². The molecule has 0 fully saturated rings. The van der Waals surface area contributed by atoms with Crippen LogP contribution in [0.4, 0.5) is 0 Å². The Labute approximate surface area is 169 Å². The van der Waals surface area contributed by atoms with Crippen molar-refractivity contribution in [3.05, 3.63) is 88.3 Å². The van der Waals surface area contributed by atoms with E-state index in [0.717, 1.165) is 11.3 Å². The zero-order valence-corrected chi connectivity index (χ0v) is 16.4. The zero-order chi connectivity index (χ0) is 20.6. The third kappa shape index (κ3) is 5.44. The van der Waals surface area contributed by atoms with Gasteiger partial charge >= 0.3 is 0 Å². The number of ether oxygens (including phenoxy) is 2. The molecule has 0 unspecified atom stereocenters. The number of rotatable bonds is 8. The molecular weight excluding hydrogens is 370 g/mol. The molecule has 0 radical (unpaired) electrons. The Balaban J connectivity index is 1.59. The third-order valence-electron chi connectivity index (χ3n) is 4.36. The molecule has 1 aromatic heterocycles. The Hall–Kier alpha value is -3.61. The largest absolute Gasteiger partial charge is 0.497 e. The second-order valence-corrected chi connectivity index (χ2v) is 6.45. The van der Waals surface area contributed by atoms with Gasteiger partial charge in [-0.3, -0.25) is 9.59 Å². The second-order valence-electron chi connectivity index (χ2n) is 6.45. The highest BCUT2D eigenvalue weighted by atomic mass is 16.5. The van der Waals surface area contributed by atoms with Crippen molar-refractivity contribution in [2.45, 2.75) is 6.54 Å².